The number of guanidine groups is 1. The Morgan fingerprint density at radius 3 is 2.40 bits per heavy atom. The van der Waals surface area contributed by atoms with E-state index in [4.69, 9.17) is 9.56 Å². The van der Waals surface area contributed by atoms with Crippen LogP contribution in [-0.4, -0.2) is 27.0 Å². The molecule has 1 aromatic heterocycles. The molecule has 168 valence electrons. The van der Waals surface area contributed by atoms with Crippen molar-refractivity contribution in [1.29, 1.82) is 0 Å². The molecule has 0 bridgehead atoms. The summed E-state index contributed by atoms with van der Waals surface area (Å²) in [4.78, 5) is 4.75. The maximum absolute atomic E-state index is 11.4. The Labute approximate surface area is 197 Å². The molecule has 0 saturated carbocycles. The van der Waals surface area contributed by atoms with Crippen molar-refractivity contribution in [3.8, 4) is 0 Å². The first-order valence-electron chi connectivity index (χ1n) is 9.93. The van der Waals surface area contributed by atoms with Gasteiger partial charge in [-0.2, -0.15) is 0 Å². The Hall–Kier alpha value is -1.59. The topological polar surface area (TPSA) is 110 Å². The van der Waals surface area contributed by atoms with Gasteiger partial charge in [0.15, 0.2) is 5.96 Å². The molecule has 2 rings (SSSR count). The molecule has 0 spiro atoms. The van der Waals surface area contributed by atoms with E-state index >= 15 is 0 Å². The Morgan fingerprint density at radius 2 is 1.83 bits per heavy atom. The van der Waals surface area contributed by atoms with Crippen molar-refractivity contribution in [2.45, 2.75) is 57.5 Å². The second-order valence-corrected chi connectivity index (χ2v) is 9.19. The van der Waals surface area contributed by atoms with Crippen molar-refractivity contribution >= 4 is 40.0 Å². The minimum atomic E-state index is -3.68. The fraction of sp³-hybridized carbons (Fsp3) is 0.476. The fourth-order valence-electron chi connectivity index (χ4n) is 2.76. The summed E-state index contributed by atoms with van der Waals surface area (Å²) < 4.78 is 28.1. The minimum Gasteiger partial charge on any atom is -0.469 e. The normalized spacial score (nSPS) is 13.0. The Morgan fingerprint density at radius 1 is 1.13 bits per heavy atom. The average Bonchev–Trinajstić information content (AvgIpc) is 3.17. The molecule has 0 saturated heterocycles. The number of nitrogens with one attached hydrogen (secondary N) is 2. The van der Waals surface area contributed by atoms with Gasteiger partial charge in [0.2, 0.25) is 10.0 Å². The molecule has 2 aromatic rings. The number of benzene rings is 1. The first-order chi connectivity index (χ1) is 13.7. The molecule has 0 aliphatic heterocycles. The van der Waals surface area contributed by atoms with E-state index in [1.807, 2.05) is 12.1 Å². The van der Waals surface area contributed by atoms with E-state index in [2.05, 4.69) is 36.4 Å². The predicted molar refractivity (Wildman–Crippen MR) is 131 cm³/mol. The summed E-state index contributed by atoms with van der Waals surface area (Å²) in [6.45, 7) is 7.70. The molecule has 1 atom stereocenters. The lowest BCUT2D eigenvalue weighted by Gasteiger charge is -2.19. The number of aliphatic imine (C=N–C) groups is 1. The van der Waals surface area contributed by atoms with Crippen molar-refractivity contribution < 1.29 is 12.8 Å². The molecule has 0 amide bonds. The van der Waals surface area contributed by atoms with E-state index in [0.717, 1.165) is 36.5 Å². The van der Waals surface area contributed by atoms with Crippen LogP contribution < -0.4 is 15.8 Å². The zero-order valence-electron chi connectivity index (χ0n) is 17.8. The molecule has 7 nitrogen and oxygen atoms in total. The second-order valence-electron chi connectivity index (χ2n) is 7.63. The molecule has 1 aromatic carbocycles. The van der Waals surface area contributed by atoms with Crippen molar-refractivity contribution in [3.05, 3.63) is 54.0 Å². The Bertz CT molecular complexity index is 866. The standard InChI is InChI=1S/C21H32N4O3S.HI/c1-16(2)6-7-17(3)25-21(23-13-12-19-5-4-14-28-19)24-15-18-8-10-20(11-9-18)29(22,26)27;/h4-5,8-11,14,16-17H,6-7,12-13,15H2,1-3H3,(H2,22,26,27)(H2,23,24,25);1H. The Kier molecular flexibility index (Phi) is 11.4. The monoisotopic (exact) mass is 548 g/mol. The van der Waals surface area contributed by atoms with Gasteiger partial charge in [0.1, 0.15) is 5.76 Å². The summed E-state index contributed by atoms with van der Waals surface area (Å²) in [5.74, 6) is 2.30. The number of furan rings is 1. The van der Waals surface area contributed by atoms with Crippen molar-refractivity contribution in [3.63, 3.8) is 0 Å². The van der Waals surface area contributed by atoms with Gasteiger partial charge in [0.25, 0.3) is 0 Å². The third-order valence-electron chi connectivity index (χ3n) is 4.48. The van der Waals surface area contributed by atoms with Crippen LogP contribution in [0, 0.1) is 5.92 Å². The molecule has 0 radical (unpaired) electrons. The van der Waals surface area contributed by atoms with Gasteiger partial charge in [-0.15, -0.1) is 24.0 Å². The van der Waals surface area contributed by atoms with Gasteiger partial charge in [-0.25, -0.2) is 18.5 Å². The summed E-state index contributed by atoms with van der Waals surface area (Å²) in [5.41, 5.74) is 0.902. The maximum Gasteiger partial charge on any atom is 0.238 e. The number of hydrogen-bond donors (Lipinski definition) is 3. The van der Waals surface area contributed by atoms with E-state index in [1.165, 1.54) is 12.1 Å². The van der Waals surface area contributed by atoms with Gasteiger partial charge in [0.05, 0.1) is 17.7 Å². The SMILES string of the molecule is CC(C)CCC(C)NC(=NCc1ccc(S(N)(=O)=O)cc1)NCCc1ccco1.I. The van der Waals surface area contributed by atoms with Crippen LogP contribution in [0.2, 0.25) is 0 Å². The van der Waals surface area contributed by atoms with E-state index in [1.54, 1.807) is 18.4 Å². The number of primary sulfonamides is 1. The van der Waals surface area contributed by atoms with Crippen molar-refractivity contribution in [2.75, 3.05) is 6.54 Å². The number of hydrogen-bond acceptors (Lipinski definition) is 4. The van der Waals surface area contributed by atoms with Gasteiger partial charge < -0.3 is 15.1 Å². The van der Waals surface area contributed by atoms with Crippen LogP contribution in [0.15, 0.2) is 57.0 Å². The lowest BCUT2D eigenvalue weighted by molar-refractivity contribution is 0.486. The summed E-state index contributed by atoms with van der Waals surface area (Å²) in [5, 5.41) is 11.9. The first-order valence-corrected chi connectivity index (χ1v) is 11.5. The van der Waals surface area contributed by atoms with E-state index < -0.39 is 10.0 Å². The predicted octanol–water partition coefficient (Wildman–Crippen LogP) is 3.65. The van der Waals surface area contributed by atoms with Gasteiger partial charge >= 0.3 is 0 Å². The van der Waals surface area contributed by atoms with Crippen LogP contribution in [0.4, 0.5) is 0 Å². The summed E-state index contributed by atoms with van der Waals surface area (Å²) in [6, 6.07) is 10.6. The lowest BCUT2D eigenvalue weighted by atomic mass is 10.0. The summed E-state index contributed by atoms with van der Waals surface area (Å²) >= 11 is 0. The molecular formula is C21H33IN4O3S. The van der Waals surface area contributed by atoms with E-state index in [-0.39, 0.29) is 34.9 Å². The molecular weight excluding hydrogens is 515 g/mol. The average molecular weight is 548 g/mol. The smallest absolute Gasteiger partial charge is 0.238 e. The van der Waals surface area contributed by atoms with Crippen LogP contribution in [0.1, 0.15) is 44.9 Å². The Balaban J connectivity index is 0.00000450. The molecule has 4 N–H and O–H groups in total. The zero-order chi connectivity index (χ0) is 21.3. The third kappa shape index (κ3) is 9.94. The van der Waals surface area contributed by atoms with Crippen LogP contribution in [-0.2, 0) is 23.0 Å². The number of nitrogens with zero attached hydrogens (tertiary/aromatic N) is 1. The largest absolute Gasteiger partial charge is 0.469 e. The minimum absolute atomic E-state index is 0. The zero-order valence-corrected chi connectivity index (χ0v) is 20.9. The number of nitrogens with two attached hydrogens (primary N) is 1. The molecule has 1 unspecified atom stereocenters. The highest BCUT2D eigenvalue weighted by Crippen LogP contribution is 2.10. The number of rotatable bonds is 10. The van der Waals surface area contributed by atoms with Gasteiger partial charge in [-0.1, -0.05) is 26.0 Å². The van der Waals surface area contributed by atoms with Crippen LogP contribution in [0.3, 0.4) is 0 Å². The lowest BCUT2D eigenvalue weighted by Crippen LogP contribution is -2.43. The molecule has 0 aliphatic rings. The summed E-state index contributed by atoms with van der Waals surface area (Å²) in [7, 11) is -3.68. The fourth-order valence-corrected chi connectivity index (χ4v) is 3.27. The first kappa shape index (κ1) is 26.4. The molecule has 0 fully saturated rings. The molecule has 9 heteroatoms. The van der Waals surface area contributed by atoms with E-state index in [0.29, 0.717) is 19.0 Å². The quantitative estimate of drug-likeness (QED) is 0.239. The molecule has 0 aliphatic carbocycles. The van der Waals surface area contributed by atoms with Crippen LogP contribution in [0.5, 0.6) is 0 Å². The van der Waals surface area contributed by atoms with Crippen LogP contribution in [0.25, 0.3) is 0 Å². The number of halogens is 1. The number of sulfonamides is 1. The summed E-state index contributed by atoms with van der Waals surface area (Å²) in [6.07, 6.45) is 4.63. The highest BCUT2D eigenvalue weighted by molar-refractivity contribution is 14.0. The third-order valence-corrected chi connectivity index (χ3v) is 5.40. The highest BCUT2D eigenvalue weighted by atomic mass is 127. The maximum atomic E-state index is 11.4. The van der Waals surface area contributed by atoms with Gasteiger partial charge in [-0.05, 0) is 55.5 Å². The molecule has 30 heavy (non-hydrogen) atoms. The van der Waals surface area contributed by atoms with Gasteiger partial charge in [-0.3, -0.25) is 0 Å². The van der Waals surface area contributed by atoms with Crippen molar-refractivity contribution in [1.82, 2.24) is 10.6 Å². The van der Waals surface area contributed by atoms with Crippen LogP contribution >= 0.6 is 24.0 Å². The van der Waals surface area contributed by atoms with Crippen molar-refractivity contribution in [2.24, 2.45) is 16.0 Å². The highest BCUT2D eigenvalue weighted by Gasteiger charge is 2.09. The molecule has 1 heterocycles. The van der Waals surface area contributed by atoms with Gasteiger partial charge in [0, 0.05) is 19.0 Å². The second kappa shape index (κ2) is 13.0. The van der Waals surface area contributed by atoms with E-state index in [9.17, 15) is 8.42 Å².